The van der Waals surface area contributed by atoms with Gasteiger partial charge in [0.1, 0.15) is 0 Å². The zero-order valence-electron chi connectivity index (χ0n) is 11.9. The minimum absolute atomic E-state index is 0.0268. The zero-order chi connectivity index (χ0) is 15.2. The summed E-state index contributed by atoms with van der Waals surface area (Å²) < 4.78 is 0. The van der Waals surface area contributed by atoms with Crippen LogP contribution in [-0.4, -0.2) is 46.6 Å². The van der Waals surface area contributed by atoms with E-state index in [9.17, 15) is 4.79 Å². The van der Waals surface area contributed by atoms with E-state index in [1.54, 1.807) is 18.2 Å². The summed E-state index contributed by atoms with van der Waals surface area (Å²) in [5.41, 5.74) is 1.29. The van der Waals surface area contributed by atoms with Crippen molar-refractivity contribution >= 4 is 29.3 Å². The van der Waals surface area contributed by atoms with Gasteiger partial charge in [0.15, 0.2) is 0 Å². The summed E-state index contributed by atoms with van der Waals surface area (Å²) in [4.78, 5) is 14.3. The van der Waals surface area contributed by atoms with E-state index in [0.29, 0.717) is 27.8 Å². The quantitative estimate of drug-likeness (QED) is 0.851. The molecule has 1 atom stereocenters. The van der Waals surface area contributed by atoms with Gasteiger partial charge in [-0.1, -0.05) is 30.4 Å². The van der Waals surface area contributed by atoms with Gasteiger partial charge in [0.25, 0.3) is 5.91 Å². The maximum absolute atomic E-state index is 12.5. The fourth-order valence-corrected chi connectivity index (χ4v) is 3.39. The Morgan fingerprint density at radius 2 is 2.38 bits per heavy atom. The molecule has 1 aliphatic rings. The van der Waals surface area contributed by atoms with E-state index in [-0.39, 0.29) is 12.5 Å². The average molecular weight is 324 g/mol. The van der Waals surface area contributed by atoms with E-state index in [1.807, 2.05) is 16.7 Å². The molecule has 0 radical (unpaired) electrons. The molecule has 1 unspecified atom stereocenters. The van der Waals surface area contributed by atoms with Crippen LogP contribution in [-0.2, 0) is 0 Å². The second-order valence-electron chi connectivity index (χ2n) is 4.90. The number of benzene rings is 1. The van der Waals surface area contributed by atoms with Crippen molar-refractivity contribution in [1.29, 1.82) is 0 Å². The van der Waals surface area contributed by atoms with E-state index < -0.39 is 0 Å². The third kappa shape index (κ3) is 4.41. The molecule has 1 fully saturated rings. The number of carbonyl (C=O) groups excluding carboxylic acids is 1. The van der Waals surface area contributed by atoms with Crippen molar-refractivity contribution in [3.63, 3.8) is 0 Å². The fraction of sp³-hybridized carbons (Fsp3) is 0.438. The summed E-state index contributed by atoms with van der Waals surface area (Å²) in [6.45, 7) is 3.73. The van der Waals surface area contributed by atoms with E-state index in [4.69, 9.17) is 16.7 Å². The zero-order valence-corrected chi connectivity index (χ0v) is 13.5. The van der Waals surface area contributed by atoms with E-state index in [2.05, 4.69) is 18.8 Å². The Balaban J connectivity index is 2.12. The van der Waals surface area contributed by atoms with Crippen LogP contribution in [0.2, 0.25) is 5.02 Å². The Morgan fingerprint density at radius 3 is 3.05 bits per heavy atom. The first kappa shape index (κ1) is 16.2. The summed E-state index contributed by atoms with van der Waals surface area (Å²) >= 11 is 8.07. The number of carbonyl (C=O) groups is 1. The van der Waals surface area contributed by atoms with Crippen molar-refractivity contribution in [2.45, 2.75) is 18.6 Å². The van der Waals surface area contributed by atoms with Crippen LogP contribution in [0.1, 0.15) is 29.3 Å². The summed E-state index contributed by atoms with van der Waals surface area (Å²) in [7, 11) is 0. The molecule has 112 valence electrons. The second-order valence-corrected chi connectivity index (χ2v) is 6.86. The Labute approximate surface area is 134 Å². The fourth-order valence-electron chi connectivity index (χ4n) is 2.15. The third-order valence-corrected chi connectivity index (χ3v) is 4.65. The highest BCUT2D eigenvalue weighted by molar-refractivity contribution is 7.99. The van der Waals surface area contributed by atoms with Crippen molar-refractivity contribution < 1.29 is 9.90 Å². The summed E-state index contributed by atoms with van der Waals surface area (Å²) in [6, 6.07) is 5.21. The first-order valence-electron chi connectivity index (χ1n) is 6.92. The lowest BCUT2D eigenvalue weighted by Gasteiger charge is -2.30. The Hall–Kier alpha value is -1.15. The highest BCUT2D eigenvalue weighted by Crippen LogP contribution is 2.22. The average Bonchev–Trinajstić information content (AvgIpc) is 2.48. The molecule has 1 aromatic carbocycles. The molecule has 21 heavy (non-hydrogen) atoms. The molecule has 1 aromatic rings. The van der Waals surface area contributed by atoms with Gasteiger partial charge >= 0.3 is 0 Å². The maximum Gasteiger partial charge on any atom is 0.253 e. The molecule has 1 amide bonds. The number of hydrogen-bond acceptors (Lipinski definition) is 3. The SMILES string of the molecule is CC1CN(C(=O)c2ccc(C#CCCO)c(Cl)c2)CCS1. The third-order valence-electron chi connectivity index (χ3n) is 3.20. The van der Waals surface area contributed by atoms with Crippen LogP contribution in [0.5, 0.6) is 0 Å². The molecule has 3 nitrogen and oxygen atoms in total. The molecular weight excluding hydrogens is 306 g/mol. The summed E-state index contributed by atoms with van der Waals surface area (Å²) in [5.74, 6) is 6.73. The van der Waals surface area contributed by atoms with Gasteiger partial charge in [0, 0.05) is 41.6 Å². The molecule has 1 aliphatic heterocycles. The smallest absolute Gasteiger partial charge is 0.253 e. The monoisotopic (exact) mass is 323 g/mol. The van der Waals surface area contributed by atoms with Gasteiger partial charge in [-0.2, -0.15) is 11.8 Å². The lowest BCUT2D eigenvalue weighted by Crippen LogP contribution is -2.41. The maximum atomic E-state index is 12.5. The van der Waals surface area contributed by atoms with Crippen LogP contribution in [0, 0.1) is 11.8 Å². The number of nitrogens with zero attached hydrogens (tertiary/aromatic N) is 1. The number of amides is 1. The first-order valence-corrected chi connectivity index (χ1v) is 8.34. The van der Waals surface area contributed by atoms with Gasteiger partial charge in [-0.05, 0) is 18.2 Å². The van der Waals surface area contributed by atoms with Crippen molar-refractivity contribution in [2.24, 2.45) is 0 Å². The topological polar surface area (TPSA) is 40.5 Å². The van der Waals surface area contributed by atoms with Gasteiger partial charge in [0.05, 0.1) is 11.6 Å². The number of hydrogen-bond donors (Lipinski definition) is 1. The Bertz CT molecular complexity index is 579. The van der Waals surface area contributed by atoms with Crippen LogP contribution >= 0.6 is 23.4 Å². The van der Waals surface area contributed by atoms with Gasteiger partial charge in [0.2, 0.25) is 0 Å². The number of thioether (sulfide) groups is 1. The lowest BCUT2D eigenvalue weighted by molar-refractivity contribution is 0.0763. The molecular formula is C16H18ClNO2S. The van der Waals surface area contributed by atoms with Gasteiger partial charge < -0.3 is 10.0 Å². The van der Waals surface area contributed by atoms with Crippen molar-refractivity contribution in [3.8, 4) is 11.8 Å². The summed E-state index contributed by atoms with van der Waals surface area (Å²) in [6.07, 6.45) is 0.417. The predicted octanol–water partition coefficient (Wildman–Crippen LogP) is 2.65. The van der Waals surface area contributed by atoms with Crippen LogP contribution in [0.25, 0.3) is 0 Å². The number of aliphatic hydroxyl groups excluding tert-OH is 1. The molecule has 0 saturated carbocycles. The molecule has 0 aromatic heterocycles. The van der Waals surface area contributed by atoms with Crippen LogP contribution in [0.15, 0.2) is 18.2 Å². The summed E-state index contributed by atoms with van der Waals surface area (Å²) in [5, 5.41) is 9.66. The highest BCUT2D eigenvalue weighted by Gasteiger charge is 2.22. The predicted molar refractivity (Wildman–Crippen MR) is 87.9 cm³/mol. The van der Waals surface area contributed by atoms with Crippen molar-refractivity contribution in [1.82, 2.24) is 4.90 Å². The van der Waals surface area contributed by atoms with Gasteiger partial charge in [-0.3, -0.25) is 4.79 Å². The first-order chi connectivity index (χ1) is 10.1. The minimum atomic E-state index is 0.0268. The van der Waals surface area contributed by atoms with Gasteiger partial charge in [-0.25, -0.2) is 0 Å². The number of rotatable bonds is 2. The normalized spacial score (nSPS) is 18.0. The standard InChI is InChI=1S/C16H18ClNO2S/c1-12-11-18(7-9-21-12)16(20)14-6-5-13(15(17)10-14)4-2-3-8-19/h5-6,10,12,19H,3,7-9,11H2,1H3. The van der Waals surface area contributed by atoms with Crippen molar-refractivity contribution in [2.75, 3.05) is 25.4 Å². The highest BCUT2D eigenvalue weighted by atomic mass is 35.5. The molecule has 0 spiro atoms. The molecule has 2 rings (SSSR count). The van der Waals surface area contributed by atoms with E-state index in [1.165, 1.54) is 0 Å². The molecule has 1 heterocycles. The number of halogens is 1. The van der Waals surface area contributed by atoms with E-state index in [0.717, 1.165) is 18.8 Å². The van der Waals surface area contributed by atoms with Gasteiger partial charge in [-0.15, -0.1) is 0 Å². The van der Waals surface area contributed by atoms with Crippen LogP contribution in [0.3, 0.4) is 0 Å². The Kier molecular flexibility index (Phi) is 5.98. The largest absolute Gasteiger partial charge is 0.395 e. The number of aliphatic hydroxyl groups is 1. The molecule has 1 saturated heterocycles. The Morgan fingerprint density at radius 1 is 1.57 bits per heavy atom. The van der Waals surface area contributed by atoms with Crippen molar-refractivity contribution in [3.05, 3.63) is 34.3 Å². The van der Waals surface area contributed by atoms with Crippen LogP contribution in [0.4, 0.5) is 0 Å². The molecule has 0 aliphatic carbocycles. The minimum Gasteiger partial charge on any atom is -0.395 e. The van der Waals surface area contributed by atoms with E-state index >= 15 is 0 Å². The molecule has 0 bridgehead atoms. The van der Waals surface area contributed by atoms with Crippen LogP contribution < -0.4 is 0 Å². The molecule has 5 heteroatoms. The second kappa shape index (κ2) is 7.74. The lowest BCUT2D eigenvalue weighted by atomic mass is 10.1. The molecule has 1 N–H and O–H groups in total.